The molecule has 1 heterocycles. The first kappa shape index (κ1) is 21.2. The molecule has 1 atom stereocenters. The molecule has 1 aromatic heterocycles. The van der Waals surface area contributed by atoms with Gasteiger partial charge in [-0.15, -0.1) is 0 Å². The van der Waals surface area contributed by atoms with Gasteiger partial charge in [-0.2, -0.15) is 0 Å². The highest BCUT2D eigenvalue weighted by atomic mass is 16.5. The third-order valence-electron chi connectivity index (χ3n) is 4.93. The Hall–Kier alpha value is -4.06. The van der Waals surface area contributed by atoms with Crippen molar-refractivity contribution in [2.45, 2.75) is 13.0 Å². The normalized spacial score (nSPS) is 11.7. The lowest BCUT2D eigenvalue weighted by Crippen LogP contribution is -2.33. The van der Waals surface area contributed by atoms with Crippen molar-refractivity contribution >= 4 is 16.9 Å². The molecule has 162 valence electrons. The predicted octanol–water partition coefficient (Wildman–Crippen LogP) is 4.48. The third-order valence-corrected chi connectivity index (χ3v) is 4.93. The second-order valence-corrected chi connectivity index (χ2v) is 7.16. The highest BCUT2D eigenvalue weighted by molar-refractivity contribution is 5.80. The molecule has 0 aliphatic rings. The molecule has 6 heteroatoms. The molecule has 1 amide bonds. The fraction of sp³-hybridized carbons (Fsp3) is 0.154. The summed E-state index contributed by atoms with van der Waals surface area (Å²) >= 11 is 0. The van der Waals surface area contributed by atoms with Crippen LogP contribution >= 0.6 is 0 Å². The van der Waals surface area contributed by atoms with Crippen molar-refractivity contribution in [2.75, 3.05) is 13.2 Å². The van der Waals surface area contributed by atoms with Gasteiger partial charge in [-0.25, -0.2) is 4.79 Å². The summed E-state index contributed by atoms with van der Waals surface area (Å²) in [6.45, 7) is 2.35. The van der Waals surface area contributed by atoms with Crippen molar-refractivity contribution < 1.29 is 18.7 Å². The van der Waals surface area contributed by atoms with Gasteiger partial charge in [0.1, 0.15) is 17.1 Å². The lowest BCUT2D eigenvalue weighted by atomic mass is 9.98. The minimum Gasteiger partial charge on any atom is -0.494 e. The van der Waals surface area contributed by atoms with E-state index in [1.807, 2.05) is 61.5 Å². The summed E-state index contributed by atoms with van der Waals surface area (Å²) < 4.78 is 16.3. The van der Waals surface area contributed by atoms with Crippen LogP contribution in [0, 0.1) is 0 Å². The molecule has 6 nitrogen and oxygen atoms in total. The standard InChI is InChI=1S/C26H23NO5/c1-2-30-21-12-9-20(10-13-21)26(19-6-4-3-5-7-19)27-24(28)17-31-22-14-8-18-11-15-25(29)32-23(18)16-22/h3-16,26H,2,17H2,1H3,(H,27,28). The minimum absolute atomic E-state index is 0.178. The summed E-state index contributed by atoms with van der Waals surface area (Å²) in [5, 5.41) is 3.82. The van der Waals surface area contributed by atoms with E-state index in [1.165, 1.54) is 6.07 Å². The summed E-state index contributed by atoms with van der Waals surface area (Å²) in [5.41, 5.74) is 1.86. The molecule has 0 saturated heterocycles. The number of carbonyl (C=O) groups excluding carboxylic acids is 1. The Morgan fingerprint density at radius 3 is 2.31 bits per heavy atom. The van der Waals surface area contributed by atoms with Crippen LogP contribution in [0.4, 0.5) is 0 Å². The molecule has 0 bridgehead atoms. The van der Waals surface area contributed by atoms with Gasteiger partial charge < -0.3 is 19.2 Å². The smallest absolute Gasteiger partial charge is 0.336 e. The van der Waals surface area contributed by atoms with E-state index >= 15 is 0 Å². The Labute approximate surface area is 185 Å². The number of hydrogen-bond donors (Lipinski definition) is 1. The van der Waals surface area contributed by atoms with Crippen molar-refractivity contribution in [3.05, 3.63) is 106 Å². The Kier molecular flexibility index (Phi) is 6.51. The van der Waals surface area contributed by atoms with Crippen LogP contribution in [0.15, 0.2) is 94.1 Å². The zero-order valence-corrected chi connectivity index (χ0v) is 17.6. The first-order valence-electron chi connectivity index (χ1n) is 10.4. The molecular formula is C26H23NO5. The molecule has 0 radical (unpaired) electrons. The first-order chi connectivity index (χ1) is 15.6. The van der Waals surface area contributed by atoms with Crippen molar-refractivity contribution in [1.82, 2.24) is 5.32 Å². The number of benzene rings is 3. The van der Waals surface area contributed by atoms with Gasteiger partial charge in [0.05, 0.1) is 12.6 Å². The minimum atomic E-state index is -0.437. The maximum Gasteiger partial charge on any atom is 0.336 e. The van der Waals surface area contributed by atoms with Crippen LogP contribution in [-0.4, -0.2) is 19.1 Å². The zero-order chi connectivity index (χ0) is 22.3. The molecule has 3 aromatic carbocycles. The number of hydrogen-bond acceptors (Lipinski definition) is 5. The van der Waals surface area contributed by atoms with Gasteiger partial charge in [-0.05, 0) is 48.4 Å². The molecule has 32 heavy (non-hydrogen) atoms. The third kappa shape index (κ3) is 5.16. The Bertz CT molecular complexity index is 1250. The summed E-state index contributed by atoms with van der Waals surface area (Å²) in [6.07, 6.45) is 0. The monoisotopic (exact) mass is 429 g/mol. The van der Waals surface area contributed by atoms with Crippen LogP contribution in [0.3, 0.4) is 0 Å². The van der Waals surface area contributed by atoms with Gasteiger partial charge in [-0.3, -0.25) is 4.79 Å². The van der Waals surface area contributed by atoms with E-state index in [0.29, 0.717) is 17.9 Å². The van der Waals surface area contributed by atoms with Crippen molar-refractivity contribution in [3.63, 3.8) is 0 Å². The Morgan fingerprint density at radius 2 is 1.56 bits per heavy atom. The maximum absolute atomic E-state index is 12.7. The van der Waals surface area contributed by atoms with E-state index in [1.54, 1.807) is 24.3 Å². The van der Waals surface area contributed by atoms with Crippen LogP contribution in [-0.2, 0) is 4.79 Å². The number of fused-ring (bicyclic) bond motifs is 1. The lowest BCUT2D eigenvalue weighted by Gasteiger charge is -2.20. The summed E-state index contributed by atoms with van der Waals surface area (Å²) in [7, 11) is 0. The van der Waals surface area contributed by atoms with E-state index in [4.69, 9.17) is 13.9 Å². The molecule has 1 N–H and O–H groups in total. The maximum atomic E-state index is 12.7. The number of amides is 1. The van der Waals surface area contributed by atoms with Gasteiger partial charge >= 0.3 is 5.63 Å². The highest BCUT2D eigenvalue weighted by Crippen LogP contribution is 2.24. The van der Waals surface area contributed by atoms with E-state index in [-0.39, 0.29) is 18.6 Å². The molecule has 0 saturated carbocycles. The topological polar surface area (TPSA) is 77.8 Å². The largest absolute Gasteiger partial charge is 0.494 e. The molecule has 0 fully saturated rings. The molecular weight excluding hydrogens is 406 g/mol. The van der Waals surface area contributed by atoms with Crippen LogP contribution in [0.25, 0.3) is 11.0 Å². The van der Waals surface area contributed by atoms with E-state index in [2.05, 4.69) is 5.32 Å². The first-order valence-corrected chi connectivity index (χ1v) is 10.4. The van der Waals surface area contributed by atoms with Crippen molar-refractivity contribution in [3.8, 4) is 11.5 Å². The van der Waals surface area contributed by atoms with Gasteiger partial charge in [-0.1, -0.05) is 42.5 Å². The average molecular weight is 429 g/mol. The zero-order valence-electron chi connectivity index (χ0n) is 17.6. The summed E-state index contributed by atoms with van der Waals surface area (Å²) in [6, 6.07) is 25.2. The SMILES string of the molecule is CCOc1ccc(C(NC(=O)COc2ccc3ccc(=O)oc3c2)c2ccccc2)cc1. The number of ether oxygens (including phenoxy) is 2. The van der Waals surface area contributed by atoms with Crippen molar-refractivity contribution in [1.29, 1.82) is 0 Å². The summed E-state index contributed by atoms with van der Waals surface area (Å²) in [4.78, 5) is 24.2. The van der Waals surface area contributed by atoms with E-state index in [0.717, 1.165) is 22.3 Å². The van der Waals surface area contributed by atoms with E-state index in [9.17, 15) is 9.59 Å². The second kappa shape index (κ2) is 9.83. The average Bonchev–Trinajstić information content (AvgIpc) is 2.82. The highest BCUT2D eigenvalue weighted by Gasteiger charge is 2.17. The second-order valence-electron chi connectivity index (χ2n) is 7.16. The molecule has 0 aliphatic heterocycles. The number of carbonyl (C=O) groups is 1. The fourth-order valence-corrected chi connectivity index (χ4v) is 3.41. The molecule has 0 spiro atoms. The summed E-state index contributed by atoms with van der Waals surface area (Å²) in [5.74, 6) is 0.947. The van der Waals surface area contributed by atoms with Gasteiger partial charge in [0.25, 0.3) is 5.91 Å². The fourth-order valence-electron chi connectivity index (χ4n) is 3.41. The van der Waals surface area contributed by atoms with Gasteiger partial charge in [0.2, 0.25) is 0 Å². The van der Waals surface area contributed by atoms with Crippen LogP contribution in [0.5, 0.6) is 11.5 Å². The Morgan fingerprint density at radius 1 is 0.875 bits per heavy atom. The molecule has 0 aliphatic carbocycles. The van der Waals surface area contributed by atoms with Crippen LogP contribution in [0.2, 0.25) is 0 Å². The predicted molar refractivity (Wildman–Crippen MR) is 122 cm³/mol. The van der Waals surface area contributed by atoms with Gasteiger partial charge in [0, 0.05) is 17.5 Å². The quantitative estimate of drug-likeness (QED) is 0.418. The number of nitrogens with one attached hydrogen (secondary N) is 1. The van der Waals surface area contributed by atoms with E-state index < -0.39 is 5.63 Å². The molecule has 4 aromatic rings. The van der Waals surface area contributed by atoms with Crippen LogP contribution in [0.1, 0.15) is 24.1 Å². The van der Waals surface area contributed by atoms with Gasteiger partial charge in [0.15, 0.2) is 6.61 Å². The van der Waals surface area contributed by atoms with Crippen molar-refractivity contribution in [2.24, 2.45) is 0 Å². The molecule has 4 rings (SSSR count). The van der Waals surface area contributed by atoms with Crippen LogP contribution < -0.4 is 20.4 Å². The Balaban J connectivity index is 1.48. The molecule has 1 unspecified atom stereocenters. The lowest BCUT2D eigenvalue weighted by molar-refractivity contribution is -0.123. The number of rotatable bonds is 8.